The monoisotopic (exact) mass is 353 g/mol. The van der Waals surface area contributed by atoms with Gasteiger partial charge >= 0.3 is 5.97 Å². The molecule has 1 aliphatic rings. The minimum Gasteiger partial charge on any atom is -0.482 e. The van der Waals surface area contributed by atoms with Crippen molar-refractivity contribution in [2.75, 3.05) is 18.5 Å². The van der Waals surface area contributed by atoms with Crippen molar-refractivity contribution in [3.8, 4) is 5.75 Å². The zero-order valence-electron chi connectivity index (χ0n) is 14.4. The first-order chi connectivity index (χ1) is 12.5. The molecule has 2 aromatic carbocycles. The summed E-state index contributed by atoms with van der Waals surface area (Å²) >= 11 is 0. The van der Waals surface area contributed by atoms with Gasteiger partial charge in [-0.2, -0.15) is 0 Å². The third-order valence-electron chi connectivity index (χ3n) is 4.14. The third-order valence-corrected chi connectivity index (χ3v) is 4.14. The molecule has 1 heterocycles. The number of carbonyl (C=O) groups is 3. The normalized spacial score (nSPS) is 13.8. The third kappa shape index (κ3) is 4.27. The van der Waals surface area contributed by atoms with Crippen LogP contribution in [-0.2, 0) is 14.3 Å². The van der Waals surface area contributed by atoms with Gasteiger partial charge in [-0.1, -0.05) is 37.3 Å². The van der Waals surface area contributed by atoms with Crippen molar-refractivity contribution in [1.29, 1.82) is 0 Å². The summed E-state index contributed by atoms with van der Waals surface area (Å²) in [7, 11) is 0. The quantitative estimate of drug-likeness (QED) is 0.638. The van der Waals surface area contributed by atoms with E-state index in [0.29, 0.717) is 17.0 Å². The van der Waals surface area contributed by atoms with E-state index in [9.17, 15) is 14.4 Å². The van der Waals surface area contributed by atoms with E-state index in [4.69, 9.17) is 9.47 Å². The van der Waals surface area contributed by atoms with Gasteiger partial charge in [0, 0.05) is 5.56 Å². The highest BCUT2D eigenvalue weighted by Gasteiger charge is 2.19. The molecule has 0 aliphatic carbocycles. The Morgan fingerprint density at radius 3 is 2.73 bits per heavy atom. The SMILES string of the molecule is CC(CC(=O)OCC(=O)c1ccc2c(c1)NC(=O)CO2)c1ccccc1. The van der Waals surface area contributed by atoms with E-state index in [0.717, 1.165) is 5.56 Å². The summed E-state index contributed by atoms with van der Waals surface area (Å²) in [6.07, 6.45) is 0.200. The second kappa shape index (κ2) is 7.82. The van der Waals surface area contributed by atoms with E-state index in [1.807, 2.05) is 37.3 Å². The van der Waals surface area contributed by atoms with Gasteiger partial charge in [0.15, 0.2) is 19.0 Å². The van der Waals surface area contributed by atoms with Gasteiger partial charge in [-0.25, -0.2) is 0 Å². The average molecular weight is 353 g/mol. The minimum atomic E-state index is -0.427. The summed E-state index contributed by atoms with van der Waals surface area (Å²) in [6, 6.07) is 14.4. The molecule has 6 heteroatoms. The molecule has 6 nitrogen and oxygen atoms in total. The first kappa shape index (κ1) is 17.7. The van der Waals surface area contributed by atoms with Crippen LogP contribution in [0.25, 0.3) is 0 Å². The van der Waals surface area contributed by atoms with Gasteiger partial charge in [0.1, 0.15) is 5.75 Å². The number of nitrogens with one attached hydrogen (secondary N) is 1. The second-order valence-corrected chi connectivity index (χ2v) is 6.15. The Morgan fingerprint density at radius 1 is 1.19 bits per heavy atom. The highest BCUT2D eigenvalue weighted by molar-refractivity contribution is 6.01. The Kier molecular flexibility index (Phi) is 5.31. The molecule has 0 radical (unpaired) electrons. The van der Waals surface area contributed by atoms with Gasteiger partial charge in [-0.05, 0) is 29.7 Å². The van der Waals surface area contributed by atoms with Gasteiger partial charge < -0.3 is 14.8 Å². The zero-order valence-corrected chi connectivity index (χ0v) is 14.4. The largest absolute Gasteiger partial charge is 0.482 e. The molecule has 0 aromatic heterocycles. The molecule has 0 fully saturated rings. The second-order valence-electron chi connectivity index (χ2n) is 6.15. The van der Waals surface area contributed by atoms with Gasteiger partial charge in [0.25, 0.3) is 5.91 Å². The highest BCUT2D eigenvalue weighted by atomic mass is 16.5. The van der Waals surface area contributed by atoms with Crippen molar-refractivity contribution < 1.29 is 23.9 Å². The molecule has 1 unspecified atom stereocenters. The molecule has 1 amide bonds. The van der Waals surface area contributed by atoms with Crippen molar-refractivity contribution in [2.24, 2.45) is 0 Å². The fourth-order valence-electron chi connectivity index (χ4n) is 2.69. The molecule has 1 N–H and O–H groups in total. The van der Waals surface area contributed by atoms with Crippen LogP contribution in [-0.4, -0.2) is 30.9 Å². The molecule has 0 spiro atoms. The summed E-state index contributed by atoms with van der Waals surface area (Å²) < 4.78 is 10.4. The lowest BCUT2D eigenvalue weighted by molar-refractivity contribution is -0.142. The van der Waals surface area contributed by atoms with Crippen LogP contribution in [0.1, 0.15) is 35.2 Å². The van der Waals surface area contributed by atoms with Gasteiger partial charge in [-0.15, -0.1) is 0 Å². The Bertz CT molecular complexity index is 831. The molecule has 1 atom stereocenters. The lowest BCUT2D eigenvalue weighted by Gasteiger charge is -2.18. The summed E-state index contributed by atoms with van der Waals surface area (Å²) in [5, 5.41) is 2.64. The van der Waals surface area contributed by atoms with E-state index >= 15 is 0 Å². The van der Waals surface area contributed by atoms with E-state index in [1.165, 1.54) is 6.07 Å². The number of amides is 1. The number of esters is 1. The average Bonchev–Trinajstić information content (AvgIpc) is 2.66. The van der Waals surface area contributed by atoms with Crippen molar-refractivity contribution in [3.63, 3.8) is 0 Å². The van der Waals surface area contributed by atoms with Gasteiger partial charge in [-0.3, -0.25) is 14.4 Å². The van der Waals surface area contributed by atoms with Crippen LogP contribution in [0.3, 0.4) is 0 Å². The smallest absolute Gasteiger partial charge is 0.306 e. The van der Waals surface area contributed by atoms with Crippen LogP contribution < -0.4 is 10.1 Å². The summed E-state index contributed by atoms with van der Waals surface area (Å²) in [4.78, 5) is 35.6. The number of carbonyl (C=O) groups excluding carboxylic acids is 3. The van der Waals surface area contributed by atoms with Crippen molar-refractivity contribution in [2.45, 2.75) is 19.3 Å². The maximum atomic E-state index is 12.2. The van der Waals surface area contributed by atoms with E-state index in [2.05, 4.69) is 5.32 Å². The molecular weight excluding hydrogens is 334 g/mol. The van der Waals surface area contributed by atoms with Crippen LogP contribution in [0.4, 0.5) is 5.69 Å². The molecule has 1 aliphatic heterocycles. The summed E-state index contributed by atoms with van der Waals surface area (Å²) in [5.74, 6) is -0.522. The Hall–Kier alpha value is -3.15. The molecule has 26 heavy (non-hydrogen) atoms. The number of hydrogen-bond acceptors (Lipinski definition) is 5. The van der Waals surface area contributed by atoms with Crippen molar-refractivity contribution in [1.82, 2.24) is 0 Å². The molecule has 0 bridgehead atoms. The first-order valence-corrected chi connectivity index (χ1v) is 8.33. The van der Waals surface area contributed by atoms with Crippen molar-refractivity contribution in [3.05, 3.63) is 59.7 Å². The predicted molar refractivity (Wildman–Crippen MR) is 95.3 cm³/mol. The summed E-state index contributed by atoms with van der Waals surface area (Å²) in [5.41, 5.74) is 1.83. The molecule has 2 aromatic rings. The number of ketones is 1. The zero-order chi connectivity index (χ0) is 18.5. The van der Waals surface area contributed by atoms with E-state index in [-0.39, 0.29) is 37.2 Å². The van der Waals surface area contributed by atoms with Crippen LogP contribution in [0.5, 0.6) is 5.75 Å². The van der Waals surface area contributed by atoms with Gasteiger partial charge in [0.2, 0.25) is 0 Å². The van der Waals surface area contributed by atoms with E-state index in [1.54, 1.807) is 12.1 Å². The fourth-order valence-corrected chi connectivity index (χ4v) is 2.69. The standard InChI is InChI=1S/C20H19NO5/c1-13(14-5-3-2-4-6-14)9-20(24)26-11-17(22)15-7-8-18-16(10-15)21-19(23)12-25-18/h2-8,10,13H,9,11-12H2,1H3,(H,21,23). The first-order valence-electron chi connectivity index (χ1n) is 8.33. The molecule has 134 valence electrons. The minimum absolute atomic E-state index is 0.00917. The van der Waals surface area contributed by atoms with Crippen LogP contribution in [0.15, 0.2) is 48.5 Å². The summed E-state index contributed by atoms with van der Waals surface area (Å²) in [6.45, 7) is 1.55. The number of hydrogen-bond donors (Lipinski definition) is 1. The highest BCUT2D eigenvalue weighted by Crippen LogP contribution is 2.28. The van der Waals surface area contributed by atoms with Crippen LogP contribution >= 0.6 is 0 Å². The predicted octanol–water partition coefficient (Wildman–Crippen LogP) is 2.94. The molecule has 3 rings (SSSR count). The molecule has 0 saturated carbocycles. The number of benzene rings is 2. The molecule has 0 saturated heterocycles. The Labute approximate surface area is 151 Å². The number of ether oxygens (including phenoxy) is 2. The topological polar surface area (TPSA) is 81.7 Å². The fraction of sp³-hybridized carbons (Fsp3) is 0.250. The number of rotatable bonds is 6. The van der Waals surface area contributed by atoms with Crippen LogP contribution in [0.2, 0.25) is 0 Å². The number of Topliss-reactive ketones (excluding diaryl/α,β-unsaturated/α-hetero) is 1. The Balaban J connectivity index is 1.54. The van der Waals surface area contributed by atoms with Crippen LogP contribution in [0, 0.1) is 0 Å². The lowest BCUT2D eigenvalue weighted by atomic mass is 9.98. The Morgan fingerprint density at radius 2 is 1.96 bits per heavy atom. The maximum absolute atomic E-state index is 12.2. The number of fused-ring (bicyclic) bond motifs is 1. The van der Waals surface area contributed by atoms with E-state index < -0.39 is 5.97 Å². The van der Waals surface area contributed by atoms with Crippen molar-refractivity contribution >= 4 is 23.3 Å². The lowest BCUT2D eigenvalue weighted by Crippen LogP contribution is -2.25. The number of anilines is 1. The van der Waals surface area contributed by atoms with Gasteiger partial charge in [0.05, 0.1) is 12.1 Å². The molecular formula is C20H19NO5. The maximum Gasteiger partial charge on any atom is 0.306 e.